The molecule has 27 heavy (non-hydrogen) atoms. The third kappa shape index (κ3) is 5.37. The summed E-state index contributed by atoms with van der Waals surface area (Å²) in [7, 11) is 0. The molecule has 2 rings (SSSR count). The van der Waals surface area contributed by atoms with Crippen LogP contribution in [0.1, 0.15) is 42.1 Å². The summed E-state index contributed by atoms with van der Waals surface area (Å²) in [6.07, 6.45) is 0.457. The van der Waals surface area contributed by atoms with Gasteiger partial charge in [-0.3, -0.25) is 19.7 Å². The topological polar surface area (TPSA) is 98.5 Å². The molecular formula is C20H22N2O5. The Balaban J connectivity index is 2.01. The number of carbonyl (C=O) groups is 2. The number of amides is 1. The molecule has 0 saturated carbocycles. The van der Waals surface area contributed by atoms with Crippen molar-refractivity contribution in [3.8, 4) is 5.75 Å². The standard InChI is InChI=1S/C20H22N2O5/c1-3-16(17-7-5-4-6-8-17)12-21-20(24)14(2)27-19-10-9-15(13-23)11-18(19)22(25)26/h4-11,13-14,16H,3,12H2,1-2H3,(H,21,24)/t14-,16-/m1/s1. The summed E-state index contributed by atoms with van der Waals surface area (Å²) in [6.45, 7) is 4.01. The highest BCUT2D eigenvalue weighted by Gasteiger charge is 2.22. The van der Waals surface area contributed by atoms with Crippen LogP contribution in [0.4, 0.5) is 5.69 Å². The lowest BCUT2D eigenvalue weighted by atomic mass is 9.96. The van der Waals surface area contributed by atoms with E-state index in [1.165, 1.54) is 19.1 Å². The fourth-order valence-electron chi connectivity index (χ4n) is 2.68. The van der Waals surface area contributed by atoms with Gasteiger partial charge in [0.1, 0.15) is 6.29 Å². The predicted molar refractivity (Wildman–Crippen MR) is 101 cm³/mol. The average Bonchev–Trinajstić information content (AvgIpc) is 2.69. The van der Waals surface area contributed by atoms with Gasteiger partial charge in [-0.1, -0.05) is 37.3 Å². The zero-order valence-electron chi connectivity index (χ0n) is 15.3. The smallest absolute Gasteiger partial charge is 0.311 e. The Hall–Kier alpha value is -3.22. The molecule has 7 nitrogen and oxygen atoms in total. The van der Waals surface area contributed by atoms with Crippen molar-refractivity contribution in [1.29, 1.82) is 0 Å². The first-order valence-corrected chi connectivity index (χ1v) is 8.69. The minimum atomic E-state index is -0.918. The molecular weight excluding hydrogens is 348 g/mol. The van der Waals surface area contributed by atoms with Gasteiger partial charge in [-0.15, -0.1) is 0 Å². The zero-order chi connectivity index (χ0) is 19.8. The molecule has 0 aromatic heterocycles. The Kier molecular flexibility index (Phi) is 7.05. The van der Waals surface area contributed by atoms with Gasteiger partial charge in [-0.25, -0.2) is 0 Å². The number of hydrogen-bond acceptors (Lipinski definition) is 5. The number of ether oxygens (including phenoxy) is 1. The molecule has 2 aromatic rings. The number of nitro groups is 1. The highest BCUT2D eigenvalue weighted by Crippen LogP contribution is 2.28. The summed E-state index contributed by atoms with van der Waals surface area (Å²) < 4.78 is 5.47. The molecule has 7 heteroatoms. The van der Waals surface area contributed by atoms with E-state index < -0.39 is 11.0 Å². The van der Waals surface area contributed by atoms with Crippen molar-refractivity contribution >= 4 is 17.9 Å². The van der Waals surface area contributed by atoms with Gasteiger partial charge in [0.05, 0.1) is 4.92 Å². The SMILES string of the molecule is CC[C@H](CNC(=O)[C@@H](C)Oc1ccc(C=O)cc1[N+](=O)[O-])c1ccccc1. The Morgan fingerprint density at radius 3 is 2.56 bits per heavy atom. The minimum absolute atomic E-state index is 0.0525. The summed E-state index contributed by atoms with van der Waals surface area (Å²) in [5, 5.41) is 14.0. The number of benzene rings is 2. The molecule has 0 spiro atoms. The lowest BCUT2D eigenvalue weighted by Gasteiger charge is -2.19. The van der Waals surface area contributed by atoms with E-state index in [2.05, 4.69) is 5.32 Å². The van der Waals surface area contributed by atoms with Crippen molar-refractivity contribution in [2.45, 2.75) is 32.3 Å². The summed E-state index contributed by atoms with van der Waals surface area (Å²) in [4.78, 5) is 33.6. The fourth-order valence-corrected chi connectivity index (χ4v) is 2.68. The van der Waals surface area contributed by atoms with Crippen LogP contribution in [0.3, 0.4) is 0 Å². The van der Waals surface area contributed by atoms with Gasteiger partial charge in [-0.05, 0) is 31.0 Å². The molecule has 2 aromatic carbocycles. The third-order valence-electron chi connectivity index (χ3n) is 4.28. The average molecular weight is 370 g/mol. The maximum absolute atomic E-state index is 12.3. The van der Waals surface area contributed by atoms with E-state index in [1.807, 2.05) is 37.3 Å². The van der Waals surface area contributed by atoms with Crippen molar-refractivity contribution in [2.24, 2.45) is 0 Å². The van der Waals surface area contributed by atoms with Gasteiger partial charge in [0.15, 0.2) is 11.9 Å². The zero-order valence-corrected chi connectivity index (χ0v) is 15.3. The van der Waals surface area contributed by atoms with Crippen molar-refractivity contribution < 1.29 is 19.2 Å². The summed E-state index contributed by atoms with van der Waals surface area (Å²) in [6, 6.07) is 13.7. The number of aldehydes is 1. The number of hydrogen-bond donors (Lipinski definition) is 1. The van der Waals surface area contributed by atoms with E-state index in [4.69, 9.17) is 4.74 Å². The number of nitrogens with zero attached hydrogens (tertiary/aromatic N) is 1. The molecule has 1 amide bonds. The largest absolute Gasteiger partial charge is 0.474 e. The van der Waals surface area contributed by atoms with Crippen LogP contribution in [-0.2, 0) is 4.79 Å². The molecule has 0 bridgehead atoms. The third-order valence-corrected chi connectivity index (χ3v) is 4.28. The Morgan fingerprint density at radius 2 is 1.96 bits per heavy atom. The molecule has 1 N–H and O–H groups in total. The Labute approximate surface area is 157 Å². The maximum Gasteiger partial charge on any atom is 0.311 e. The molecule has 0 unspecified atom stereocenters. The van der Waals surface area contributed by atoms with Crippen LogP contribution >= 0.6 is 0 Å². The van der Waals surface area contributed by atoms with Crippen molar-refractivity contribution in [1.82, 2.24) is 5.32 Å². The number of nitrogens with one attached hydrogen (secondary N) is 1. The lowest BCUT2D eigenvalue weighted by Crippen LogP contribution is -2.38. The number of rotatable bonds is 9. The van der Waals surface area contributed by atoms with E-state index in [-0.39, 0.29) is 28.8 Å². The molecule has 0 aliphatic heterocycles. The van der Waals surface area contributed by atoms with Crippen molar-refractivity contribution in [3.05, 3.63) is 69.8 Å². The molecule has 2 atom stereocenters. The number of carbonyl (C=O) groups excluding carboxylic acids is 2. The first kappa shape index (κ1) is 20.1. The van der Waals surface area contributed by atoms with Gasteiger partial charge < -0.3 is 10.1 Å². The maximum atomic E-state index is 12.3. The van der Waals surface area contributed by atoms with Crippen LogP contribution in [0.5, 0.6) is 5.75 Å². The Morgan fingerprint density at radius 1 is 1.26 bits per heavy atom. The Bertz CT molecular complexity index is 807. The lowest BCUT2D eigenvalue weighted by molar-refractivity contribution is -0.386. The molecule has 0 fully saturated rings. The second-order valence-electron chi connectivity index (χ2n) is 6.12. The summed E-state index contributed by atoms with van der Waals surface area (Å²) in [5.74, 6) is -0.245. The first-order chi connectivity index (χ1) is 13.0. The number of nitro benzene ring substituents is 1. The van der Waals surface area contributed by atoms with Crippen LogP contribution in [-0.4, -0.2) is 29.8 Å². The van der Waals surface area contributed by atoms with Crippen LogP contribution in [0.15, 0.2) is 48.5 Å². The highest BCUT2D eigenvalue weighted by molar-refractivity contribution is 5.81. The molecule has 0 heterocycles. The van der Waals surface area contributed by atoms with Gasteiger partial charge >= 0.3 is 5.69 Å². The van der Waals surface area contributed by atoms with Gasteiger partial charge in [0, 0.05) is 24.1 Å². The second-order valence-corrected chi connectivity index (χ2v) is 6.12. The summed E-state index contributed by atoms with van der Waals surface area (Å²) >= 11 is 0. The predicted octanol–water partition coefficient (Wildman–Crippen LogP) is 3.48. The quantitative estimate of drug-likeness (QED) is 0.414. The van der Waals surface area contributed by atoms with Crippen molar-refractivity contribution in [3.63, 3.8) is 0 Å². The fraction of sp³-hybridized carbons (Fsp3) is 0.300. The van der Waals surface area contributed by atoms with E-state index in [0.29, 0.717) is 12.8 Å². The van der Waals surface area contributed by atoms with E-state index in [1.54, 1.807) is 0 Å². The molecule has 0 aliphatic carbocycles. The first-order valence-electron chi connectivity index (χ1n) is 8.69. The van der Waals surface area contributed by atoms with Crippen LogP contribution in [0.25, 0.3) is 0 Å². The van der Waals surface area contributed by atoms with Crippen LogP contribution < -0.4 is 10.1 Å². The van der Waals surface area contributed by atoms with E-state index in [9.17, 15) is 19.7 Å². The summed E-state index contributed by atoms with van der Waals surface area (Å²) in [5.41, 5.74) is 0.948. The molecule has 142 valence electrons. The van der Waals surface area contributed by atoms with Crippen molar-refractivity contribution in [2.75, 3.05) is 6.54 Å². The molecule has 0 radical (unpaired) electrons. The molecule has 0 aliphatic rings. The molecule has 0 saturated heterocycles. The van der Waals surface area contributed by atoms with Gasteiger partial charge in [-0.2, -0.15) is 0 Å². The monoisotopic (exact) mass is 370 g/mol. The van der Waals surface area contributed by atoms with E-state index in [0.717, 1.165) is 18.1 Å². The minimum Gasteiger partial charge on any atom is -0.474 e. The van der Waals surface area contributed by atoms with Gasteiger partial charge in [0.25, 0.3) is 5.91 Å². The van der Waals surface area contributed by atoms with Crippen LogP contribution in [0, 0.1) is 10.1 Å². The van der Waals surface area contributed by atoms with Crippen LogP contribution in [0.2, 0.25) is 0 Å². The highest BCUT2D eigenvalue weighted by atomic mass is 16.6. The van der Waals surface area contributed by atoms with Gasteiger partial charge in [0.2, 0.25) is 0 Å². The second kappa shape index (κ2) is 9.47. The normalized spacial score (nSPS) is 12.7. The van der Waals surface area contributed by atoms with E-state index >= 15 is 0 Å².